The average Bonchev–Trinajstić information content (AvgIpc) is 2.38. The van der Waals surface area contributed by atoms with Gasteiger partial charge in [0.15, 0.2) is 0 Å². The van der Waals surface area contributed by atoms with E-state index in [9.17, 15) is 9.59 Å². The molecule has 0 saturated carbocycles. The minimum atomic E-state index is -0.355. The molecule has 0 radical (unpaired) electrons. The number of nitrogens with one attached hydrogen (secondary N) is 1. The summed E-state index contributed by atoms with van der Waals surface area (Å²) in [6.07, 6.45) is 1.74. The molecule has 0 bridgehead atoms. The van der Waals surface area contributed by atoms with E-state index in [-0.39, 0.29) is 11.2 Å². The first-order chi connectivity index (χ1) is 8.67. The van der Waals surface area contributed by atoms with E-state index in [0.717, 1.165) is 12.8 Å². The Labute approximate surface area is 104 Å². The minimum Gasteiger partial charge on any atom is -0.497 e. The zero-order valence-corrected chi connectivity index (χ0v) is 10.5. The maximum Gasteiger partial charge on any atom is 0.328 e. The molecule has 0 atom stereocenters. The number of aromatic nitrogens is 2. The summed E-state index contributed by atoms with van der Waals surface area (Å²) >= 11 is 0. The first-order valence-corrected chi connectivity index (χ1v) is 5.98. The van der Waals surface area contributed by atoms with Crippen molar-refractivity contribution in [2.75, 3.05) is 7.11 Å². The number of hydrogen-bond acceptors (Lipinski definition) is 3. The van der Waals surface area contributed by atoms with Crippen LogP contribution >= 0.6 is 0 Å². The molecule has 96 valence electrons. The Morgan fingerprint density at radius 2 is 2.11 bits per heavy atom. The first-order valence-electron chi connectivity index (χ1n) is 5.98. The van der Waals surface area contributed by atoms with Gasteiger partial charge in [-0.1, -0.05) is 13.3 Å². The van der Waals surface area contributed by atoms with Crippen molar-refractivity contribution in [2.45, 2.75) is 26.3 Å². The molecule has 0 unspecified atom stereocenters. The maximum atomic E-state index is 12.2. The molecule has 18 heavy (non-hydrogen) atoms. The van der Waals surface area contributed by atoms with Crippen molar-refractivity contribution in [3.63, 3.8) is 0 Å². The third-order valence-electron chi connectivity index (χ3n) is 2.92. The third-order valence-corrected chi connectivity index (χ3v) is 2.92. The molecule has 5 heteroatoms. The molecule has 0 aliphatic rings. The number of rotatable bonds is 4. The lowest BCUT2D eigenvalue weighted by Gasteiger charge is -2.06. The first kappa shape index (κ1) is 12.4. The smallest absolute Gasteiger partial charge is 0.328 e. The van der Waals surface area contributed by atoms with Crippen LogP contribution in [0, 0.1) is 0 Å². The van der Waals surface area contributed by atoms with E-state index < -0.39 is 0 Å². The van der Waals surface area contributed by atoms with E-state index in [2.05, 4.69) is 4.98 Å². The van der Waals surface area contributed by atoms with Crippen molar-refractivity contribution in [3.05, 3.63) is 39.0 Å². The number of unbranched alkanes of at least 4 members (excludes halogenated alkanes) is 1. The molecule has 0 aliphatic heterocycles. The Kier molecular flexibility index (Phi) is 3.50. The molecule has 1 aromatic carbocycles. The number of methoxy groups -OCH3 is 1. The minimum absolute atomic E-state index is 0.263. The van der Waals surface area contributed by atoms with Crippen LogP contribution in [0.2, 0.25) is 0 Å². The number of fused-ring (bicyclic) bond motifs is 1. The van der Waals surface area contributed by atoms with Gasteiger partial charge in [0.05, 0.1) is 18.0 Å². The second-order valence-corrected chi connectivity index (χ2v) is 4.15. The highest BCUT2D eigenvalue weighted by molar-refractivity contribution is 5.78. The number of benzene rings is 1. The van der Waals surface area contributed by atoms with Gasteiger partial charge in [-0.25, -0.2) is 4.79 Å². The van der Waals surface area contributed by atoms with Gasteiger partial charge in [-0.05, 0) is 24.6 Å². The van der Waals surface area contributed by atoms with Gasteiger partial charge in [-0.2, -0.15) is 0 Å². The molecule has 1 aromatic heterocycles. The highest BCUT2D eigenvalue weighted by atomic mass is 16.5. The number of H-pyrrole nitrogens is 1. The lowest BCUT2D eigenvalue weighted by Crippen LogP contribution is -2.35. The number of nitrogens with zero attached hydrogens (tertiary/aromatic N) is 1. The number of hydrogen-bond donors (Lipinski definition) is 1. The second kappa shape index (κ2) is 5.08. The second-order valence-electron chi connectivity index (χ2n) is 4.15. The summed E-state index contributed by atoms with van der Waals surface area (Å²) < 4.78 is 6.33. The highest BCUT2D eigenvalue weighted by Crippen LogP contribution is 2.15. The Balaban J connectivity index is 2.66. The Morgan fingerprint density at radius 3 is 2.78 bits per heavy atom. The third kappa shape index (κ3) is 2.16. The number of aromatic amines is 1. The summed E-state index contributed by atoms with van der Waals surface area (Å²) in [7, 11) is 1.54. The lowest BCUT2D eigenvalue weighted by molar-refractivity contribution is 0.415. The predicted molar refractivity (Wildman–Crippen MR) is 70.3 cm³/mol. The van der Waals surface area contributed by atoms with E-state index in [1.54, 1.807) is 25.3 Å². The molecule has 1 N–H and O–H groups in total. The Hall–Kier alpha value is -2.04. The van der Waals surface area contributed by atoms with Crippen LogP contribution in [0.5, 0.6) is 5.75 Å². The molecule has 1 heterocycles. The van der Waals surface area contributed by atoms with Crippen LogP contribution in [0.15, 0.2) is 27.8 Å². The summed E-state index contributed by atoms with van der Waals surface area (Å²) in [5.41, 5.74) is -0.0780. The molecule has 0 spiro atoms. The summed E-state index contributed by atoms with van der Waals surface area (Å²) in [4.78, 5) is 26.7. The van der Waals surface area contributed by atoms with E-state index in [1.165, 1.54) is 4.57 Å². The molecule has 0 saturated heterocycles. The maximum absolute atomic E-state index is 12.2. The molecule has 0 amide bonds. The fourth-order valence-corrected chi connectivity index (χ4v) is 1.88. The van der Waals surface area contributed by atoms with Crippen molar-refractivity contribution >= 4 is 10.9 Å². The van der Waals surface area contributed by atoms with Crippen molar-refractivity contribution in [2.24, 2.45) is 0 Å². The van der Waals surface area contributed by atoms with Gasteiger partial charge in [-0.15, -0.1) is 0 Å². The fraction of sp³-hybridized carbons (Fsp3) is 0.385. The molecular weight excluding hydrogens is 232 g/mol. The summed E-state index contributed by atoms with van der Waals surface area (Å²) in [5.74, 6) is 0.605. The number of ether oxygens (including phenoxy) is 1. The largest absolute Gasteiger partial charge is 0.497 e. The van der Waals surface area contributed by atoms with Crippen molar-refractivity contribution in [1.29, 1.82) is 0 Å². The summed E-state index contributed by atoms with van der Waals surface area (Å²) in [6, 6.07) is 5.05. The normalized spacial score (nSPS) is 10.8. The molecule has 2 aromatic rings. The van der Waals surface area contributed by atoms with Crippen LogP contribution in [0.1, 0.15) is 19.8 Å². The lowest BCUT2D eigenvalue weighted by atomic mass is 10.2. The van der Waals surface area contributed by atoms with Crippen molar-refractivity contribution in [1.82, 2.24) is 9.55 Å². The molecule has 5 nitrogen and oxygen atoms in total. The Morgan fingerprint density at radius 1 is 1.33 bits per heavy atom. The van der Waals surface area contributed by atoms with Gasteiger partial charge in [0.1, 0.15) is 5.75 Å². The van der Waals surface area contributed by atoms with E-state index in [0.29, 0.717) is 23.2 Å². The van der Waals surface area contributed by atoms with Crippen LogP contribution < -0.4 is 16.0 Å². The SMILES string of the molecule is CCCCn1c(=O)[nH]c2ccc(OC)cc2c1=O. The van der Waals surface area contributed by atoms with Gasteiger partial charge in [-0.3, -0.25) is 9.36 Å². The standard InChI is InChI=1S/C13H16N2O3/c1-3-4-7-15-12(16)10-8-9(18-2)5-6-11(10)14-13(15)17/h5-6,8H,3-4,7H2,1-2H3,(H,14,17). The van der Waals surface area contributed by atoms with Crippen molar-refractivity contribution in [3.8, 4) is 5.75 Å². The predicted octanol–water partition coefficient (Wildman–Crippen LogP) is 1.50. The van der Waals surface area contributed by atoms with Gasteiger partial charge in [0.25, 0.3) is 5.56 Å². The molecule has 0 aliphatic carbocycles. The van der Waals surface area contributed by atoms with E-state index in [4.69, 9.17) is 4.74 Å². The van der Waals surface area contributed by atoms with Gasteiger partial charge >= 0.3 is 5.69 Å². The fourth-order valence-electron chi connectivity index (χ4n) is 1.88. The van der Waals surface area contributed by atoms with E-state index in [1.807, 2.05) is 6.92 Å². The quantitative estimate of drug-likeness (QED) is 0.891. The molecular formula is C13H16N2O3. The van der Waals surface area contributed by atoms with Gasteiger partial charge in [0.2, 0.25) is 0 Å². The average molecular weight is 248 g/mol. The zero-order valence-electron chi connectivity index (χ0n) is 10.5. The van der Waals surface area contributed by atoms with Crippen LogP contribution in [0.3, 0.4) is 0 Å². The van der Waals surface area contributed by atoms with Crippen LogP contribution in [-0.2, 0) is 6.54 Å². The van der Waals surface area contributed by atoms with Gasteiger partial charge in [0, 0.05) is 6.54 Å². The van der Waals surface area contributed by atoms with Gasteiger partial charge < -0.3 is 9.72 Å². The zero-order chi connectivity index (χ0) is 13.1. The van der Waals surface area contributed by atoms with Crippen molar-refractivity contribution < 1.29 is 4.74 Å². The molecule has 2 rings (SSSR count). The van der Waals surface area contributed by atoms with E-state index >= 15 is 0 Å². The van der Waals surface area contributed by atoms with Crippen LogP contribution in [0.25, 0.3) is 10.9 Å². The monoisotopic (exact) mass is 248 g/mol. The van der Waals surface area contributed by atoms with Crippen LogP contribution in [-0.4, -0.2) is 16.7 Å². The Bertz CT molecular complexity index is 670. The summed E-state index contributed by atoms with van der Waals surface area (Å²) in [6.45, 7) is 2.46. The summed E-state index contributed by atoms with van der Waals surface area (Å²) in [5, 5.41) is 0.477. The van der Waals surface area contributed by atoms with Crippen LogP contribution in [0.4, 0.5) is 0 Å². The highest BCUT2D eigenvalue weighted by Gasteiger charge is 2.07. The molecule has 0 fully saturated rings. The topological polar surface area (TPSA) is 64.1 Å².